The topological polar surface area (TPSA) is 78.4 Å². The summed E-state index contributed by atoms with van der Waals surface area (Å²) in [5, 5.41) is 2.90. The molecule has 1 N–H and O–H groups in total. The maximum absolute atomic E-state index is 12.8. The van der Waals surface area contributed by atoms with Crippen molar-refractivity contribution in [3.05, 3.63) is 18.5 Å². The lowest BCUT2D eigenvalue weighted by Gasteiger charge is -2.38. The summed E-state index contributed by atoms with van der Waals surface area (Å²) in [6.07, 6.45) is 6.56. The van der Waals surface area contributed by atoms with Crippen molar-refractivity contribution < 1.29 is 9.59 Å². The van der Waals surface area contributed by atoms with Crippen molar-refractivity contribution >= 4 is 17.8 Å². The number of nitrogens with zero attached hydrogens (tertiary/aromatic N) is 4. The molecule has 1 saturated heterocycles. The van der Waals surface area contributed by atoms with Crippen LogP contribution < -0.4 is 10.2 Å². The molecule has 2 heterocycles. The number of carbonyl (C=O) groups excluding carboxylic acids is 2. The zero-order valence-corrected chi connectivity index (χ0v) is 15.5. The van der Waals surface area contributed by atoms with Gasteiger partial charge in [-0.25, -0.2) is 9.97 Å². The minimum absolute atomic E-state index is 0.117. The van der Waals surface area contributed by atoms with E-state index < -0.39 is 5.41 Å². The molecular weight excluding hydrogens is 318 g/mol. The van der Waals surface area contributed by atoms with E-state index in [4.69, 9.17) is 0 Å². The first-order chi connectivity index (χ1) is 12.0. The number of anilines is 1. The van der Waals surface area contributed by atoms with Crippen molar-refractivity contribution in [1.29, 1.82) is 0 Å². The molecule has 0 unspecified atom stereocenters. The molecule has 1 aliphatic heterocycles. The van der Waals surface area contributed by atoms with E-state index in [1.165, 1.54) is 0 Å². The molecule has 1 aromatic rings. The summed E-state index contributed by atoms with van der Waals surface area (Å²) >= 11 is 0. The van der Waals surface area contributed by atoms with E-state index in [1.807, 2.05) is 0 Å². The first-order valence-electron chi connectivity index (χ1n) is 9.06. The number of amides is 2. The van der Waals surface area contributed by atoms with Gasteiger partial charge in [-0.05, 0) is 26.3 Å². The van der Waals surface area contributed by atoms with Gasteiger partial charge >= 0.3 is 0 Å². The number of rotatable bonds is 7. The molecule has 1 aliphatic rings. The zero-order valence-electron chi connectivity index (χ0n) is 15.5. The Hall–Kier alpha value is -2.18. The normalized spacial score (nSPS) is 15.2. The molecule has 25 heavy (non-hydrogen) atoms. The monoisotopic (exact) mass is 347 g/mol. The highest BCUT2D eigenvalue weighted by atomic mass is 16.2. The SMILES string of the molecule is CCCCCNC(=O)C(C)(C)C(=O)N1CCN(c2ncccn2)CC1. The van der Waals surface area contributed by atoms with Crippen molar-refractivity contribution in [1.82, 2.24) is 20.2 Å². The molecule has 1 fully saturated rings. The minimum Gasteiger partial charge on any atom is -0.355 e. The van der Waals surface area contributed by atoms with E-state index in [-0.39, 0.29) is 11.8 Å². The highest BCUT2D eigenvalue weighted by Gasteiger charge is 2.39. The Morgan fingerprint density at radius 2 is 1.76 bits per heavy atom. The molecule has 0 bridgehead atoms. The Bertz CT molecular complexity index is 568. The number of hydrogen-bond acceptors (Lipinski definition) is 5. The van der Waals surface area contributed by atoms with Crippen LogP contribution in [0.4, 0.5) is 5.95 Å². The number of aromatic nitrogens is 2. The van der Waals surface area contributed by atoms with Gasteiger partial charge in [-0.15, -0.1) is 0 Å². The Kier molecular flexibility index (Phi) is 6.73. The highest BCUT2D eigenvalue weighted by Crippen LogP contribution is 2.21. The van der Waals surface area contributed by atoms with Crippen molar-refractivity contribution in [3.8, 4) is 0 Å². The fourth-order valence-electron chi connectivity index (χ4n) is 2.85. The quantitative estimate of drug-likeness (QED) is 0.597. The van der Waals surface area contributed by atoms with Gasteiger partial charge in [0.15, 0.2) is 0 Å². The van der Waals surface area contributed by atoms with Gasteiger partial charge in [0.05, 0.1) is 0 Å². The Balaban J connectivity index is 1.86. The average molecular weight is 347 g/mol. The van der Waals surface area contributed by atoms with Crippen molar-refractivity contribution in [3.63, 3.8) is 0 Å². The molecule has 0 radical (unpaired) electrons. The Morgan fingerprint density at radius 1 is 1.12 bits per heavy atom. The fraction of sp³-hybridized carbons (Fsp3) is 0.667. The van der Waals surface area contributed by atoms with Crippen molar-refractivity contribution in [2.45, 2.75) is 40.0 Å². The van der Waals surface area contributed by atoms with Crippen molar-refractivity contribution in [2.24, 2.45) is 5.41 Å². The van der Waals surface area contributed by atoms with Crippen LogP contribution in [-0.2, 0) is 9.59 Å². The summed E-state index contributed by atoms with van der Waals surface area (Å²) in [6, 6.07) is 1.78. The van der Waals surface area contributed by atoms with Gasteiger partial charge in [0, 0.05) is 45.1 Å². The predicted molar refractivity (Wildman–Crippen MR) is 97.1 cm³/mol. The number of hydrogen-bond donors (Lipinski definition) is 1. The van der Waals surface area contributed by atoms with E-state index >= 15 is 0 Å². The van der Waals surface area contributed by atoms with Crippen LogP contribution in [0.5, 0.6) is 0 Å². The second kappa shape index (κ2) is 8.78. The second-order valence-electron chi connectivity index (χ2n) is 6.92. The van der Waals surface area contributed by atoms with Crippen LogP contribution in [-0.4, -0.2) is 59.4 Å². The summed E-state index contributed by atoms with van der Waals surface area (Å²) < 4.78 is 0. The molecule has 0 atom stereocenters. The van der Waals surface area contributed by atoms with E-state index in [2.05, 4.69) is 27.1 Å². The van der Waals surface area contributed by atoms with Gasteiger partial charge in [0.1, 0.15) is 5.41 Å². The summed E-state index contributed by atoms with van der Waals surface area (Å²) in [5.41, 5.74) is -1.04. The number of unbranched alkanes of at least 4 members (excludes halogenated alkanes) is 2. The number of piperazine rings is 1. The third-order valence-corrected chi connectivity index (χ3v) is 4.57. The van der Waals surface area contributed by atoms with Crippen LogP contribution in [0.25, 0.3) is 0 Å². The average Bonchev–Trinajstić information content (AvgIpc) is 2.65. The van der Waals surface area contributed by atoms with E-state index in [9.17, 15) is 9.59 Å². The smallest absolute Gasteiger partial charge is 0.237 e. The number of carbonyl (C=O) groups is 2. The molecule has 2 amide bonds. The van der Waals surface area contributed by atoms with Gasteiger partial charge in [-0.3, -0.25) is 9.59 Å². The maximum Gasteiger partial charge on any atom is 0.237 e. The molecular formula is C18H29N5O2. The lowest BCUT2D eigenvalue weighted by Crippen LogP contribution is -2.55. The molecule has 0 saturated carbocycles. The van der Waals surface area contributed by atoms with Gasteiger partial charge in [-0.1, -0.05) is 19.8 Å². The van der Waals surface area contributed by atoms with Crippen molar-refractivity contribution in [2.75, 3.05) is 37.6 Å². The van der Waals surface area contributed by atoms with Crippen LogP contribution in [0, 0.1) is 5.41 Å². The predicted octanol–water partition coefficient (Wildman–Crippen LogP) is 1.46. The van der Waals surface area contributed by atoms with E-state index in [0.29, 0.717) is 38.7 Å². The van der Waals surface area contributed by atoms with Crippen LogP contribution in [0.2, 0.25) is 0 Å². The fourth-order valence-corrected chi connectivity index (χ4v) is 2.85. The molecule has 1 aromatic heterocycles. The van der Waals surface area contributed by atoms with Gasteiger partial charge in [-0.2, -0.15) is 0 Å². The zero-order chi connectivity index (χ0) is 18.3. The van der Waals surface area contributed by atoms with Crippen LogP contribution in [0.1, 0.15) is 40.0 Å². The summed E-state index contributed by atoms with van der Waals surface area (Å²) in [6.45, 7) is 8.65. The standard InChI is InChI=1S/C18H29N5O2/c1-4-5-6-8-19-15(24)18(2,3)16(25)22-11-13-23(14-12-22)17-20-9-7-10-21-17/h7,9-10H,4-6,8,11-14H2,1-3H3,(H,19,24). The third kappa shape index (κ3) is 4.90. The minimum atomic E-state index is -1.04. The molecule has 7 heteroatoms. The molecule has 0 spiro atoms. The summed E-state index contributed by atoms with van der Waals surface area (Å²) in [4.78, 5) is 37.5. The number of nitrogens with one attached hydrogen (secondary N) is 1. The molecule has 7 nitrogen and oxygen atoms in total. The molecule has 0 aromatic carbocycles. The second-order valence-corrected chi connectivity index (χ2v) is 6.92. The summed E-state index contributed by atoms with van der Waals surface area (Å²) in [7, 11) is 0. The van der Waals surface area contributed by atoms with Crippen LogP contribution >= 0.6 is 0 Å². The van der Waals surface area contributed by atoms with E-state index in [0.717, 1.165) is 19.3 Å². The van der Waals surface area contributed by atoms with Crippen LogP contribution in [0.15, 0.2) is 18.5 Å². The Labute approximate surface area is 149 Å². The molecule has 138 valence electrons. The first kappa shape index (κ1) is 19.1. The lowest BCUT2D eigenvalue weighted by atomic mass is 9.90. The largest absolute Gasteiger partial charge is 0.355 e. The third-order valence-electron chi connectivity index (χ3n) is 4.57. The molecule has 0 aliphatic carbocycles. The highest BCUT2D eigenvalue weighted by molar-refractivity contribution is 6.04. The van der Waals surface area contributed by atoms with E-state index in [1.54, 1.807) is 37.2 Å². The maximum atomic E-state index is 12.8. The van der Waals surface area contributed by atoms with Gasteiger partial charge < -0.3 is 15.1 Å². The lowest BCUT2D eigenvalue weighted by molar-refractivity contribution is -0.148. The summed E-state index contributed by atoms with van der Waals surface area (Å²) in [5.74, 6) is 0.374. The van der Waals surface area contributed by atoms with Gasteiger partial charge in [0.2, 0.25) is 17.8 Å². The Morgan fingerprint density at radius 3 is 2.36 bits per heavy atom. The van der Waals surface area contributed by atoms with Crippen LogP contribution in [0.3, 0.4) is 0 Å². The van der Waals surface area contributed by atoms with Gasteiger partial charge in [0.25, 0.3) is 0 Å². The first-order valence-corrected chi connectivity index (χ1v) is 9.06. The molecule has 2 rings (SSSR count).